The summed E-state index contributed by atoms with van der Waals surface area (Å²) in [6.45, 7) is 0.401. The fourth-order valence-electron chi connectivity index (χ4n) is 1.04. The first-order valence-electron chi connectivity index (χ1n) is 4.01. The predicted molar refractivity (Wildman–Crippen MR) is 44.9 cm³/mol. The van der Waals surface area contributed by atoms with Crippen molar-refractivity contribution in [3.63, 3.8) is 0 Å². The molecule has 0 aliphatic rings. The normalized spacial score (nSPS) is 13.2. The van der Waals surface area contributed by atoms with Crippen LogP contribution >= 0.6 is 0 Å². The molecule has 12 heavy (non-hydrogen) atoms. The highest BCUT2D eigenvalue weighted by Gasteiger charge is 2.03. The lowest BCUT2D eigenvalue weighted by molar-refractivity contribution is 0.0595. The first kappa shape index (κ1) is 9.29. The fourth-order valence-corrected chi connectivity index (χ4v) is 1.04. The monoisotopic (exact) mass is 170 g/mol. The Morgan fingerprint density at radius 3 is 3.08 bits per heavy atom. The Balaban J connectivity index is 2.17. The second kappa shape index (κ2) is 4.95. The Bertz CT molecular complexity index is 194. The molecule has 3 nitrogen and oxygen atoms in total. The van der Waals surface area contributed by atoms with Crippen molar-refractivity contribution >= 4 is 0 Å². The van der Waals surface area contributed by atoms with Crippen molar-refractivity contribution in [2.45, 2.75) is 18.9 Å². The maximum absolute atomic E-state index is 9.29. The predicted octanol–water partition coefficient (Wildman–Crippen LogP) is 1.22. The molecule has 0 bridgehead atoms. The Kier molecular flexibility index (Phi) is 3.84. The SMILES string of the molecule is COCC(O)CCc1ccoc1. The third-order valence-electron chi connectivity index (χ3n) is 1.71. The summed E-state index contributed by atoms with van der Waals surface area (Å²) in [4.78, 5) is 0. The zero-order chi connectivity index (χ0) is 8.81. The van der Waals surface area contributed by atoms with E-state index >= 15 is 0 Å². The number of hydrogen-bond donors (Lipinski definition) is 1. The van der Waals surface area contributed by atoms with Crippen molar-refractivity contribution in [2.75, 3.05) is 13.7 Å². The van der Waals surface area contributed by atoms with Gasteiger partial charge in [0, 0.05) is 7.11 Å². The van der Waals surface area contributed by atoms with Crippen molar-refractivity contribution in [3.05, 3.63) is 24.2 Å². The molecule has 3 heteroatoms. The molecule has 0 saturated heterocycles. The molecule has 0 fully saturated rings. The molecule has 1 atom stereocenters. The average molecular weight is 170 g/mol. The van der Waals surface area contributed by atoms with Gasteiger partial charge in [0.2, 0.25) is 0 Å². The summed E-state index contributed by atoms with van der Waals surface area (Å²) in [5.74, 6) is 0. The highest BCUT2D eigenvalue weighted by Crippen LogP contribution is 2.05. The lowest BCUT2D eigenvalue weighted by atomic mass is 10.1. The van der Waals surface area contributed by atoms with Gasteiger partial charge in [-0.2, -0.15) is 0 Å². The van der Waals surface area contributed by atoms with E-state index in [4.69, 9.17) is 9.15 Å². The van der Waals surface area contributed by atoms with E-state index in [-0.39, 0.29) is 6.10 Å². The van der Waals surface area contributed by atoms with Crippen LogP contribution in [0.2, 0.25) is 0 Å². The van der Waals surface area contributed by atoms with Crippen LogP contribution in [0.25, 0.3) is 0 Å². The number of hydrogen-bond acceptors (Lipinski definition) is 3. The largest absolute Gasteiger partial charge is 0.472 e. The molecule has 0 aromatic carbocycles. The third-order valence-corrected chi connectivity index (χ3v) is 1.71. The Morgan fingerprint density at radius 1 is 1.67 bits per heavy atom. The van der Waals surface area contributed by atoms with E-state index in [2.05, 4.69) is 0 Å². The lowest BCUT2D eigenvalue weighted by Crippen LogP contribution is -2.14. The third kappa shape index (κ3) is 3.07. The zero-order valence-corrected chi connectivity index (χ0v) is 7.19. The van der Waals surface area contributed by atoms with Crippen LogP contribution in [0.5, 0.6) is 0 Å². The molecule has 0 aliphatic heterocycles. The van der Waals surface area contributed by atoms with Crippen LogP contribution in [-0.2, 0) is 11.2 Å². The van der Waals surface area contributed by atoms with Crippen LogP contribution < -0.4 is 0 Å². The van der Waals surface area contributed by atoms with Gasteiger partial charge in [-0.3, -0.25) is 0 Å². The van der Waals surface area contributed by atoms with Crippen molar-refractivity contribution < 1.29 is 14.3 Å². The first-order chi connectivity index (χ1) is 5.83. The zero-order valence-electron chi connectivity index (χ0n) is 7.19. The van der Waals surface area contributed by atoms with E-state index in [1.807, 2.05) is 6.07 Å². The van der Waals surface area contributed by atoms with E-state index in [9.17, 15) is 5.11 Å². The molecule has 68 valence electrons. The lowest BCUT2D eigenvalue weighted by Gasteiger charge is -2.07. The topological polar surface area (TPSA) is 42.6 Å². The highest BCUT2D eigenvalue weighted by molar-refractivity contribution is 5.05. The Morgan fingerprint density at radius 2 is 2.50 bits per heavy atom. The summed E-state index contributed by atoms with van der Waals surface area (Å²) in [6, 6.07) is 1.90. The van der Waals surface area contributed by atoms with E-state index in [0.29, 0.717) is 13.0 Å². The van der Waals surface area contributed by atoms with Gasteiger partial charge in [-0.25, -0.2) is 0 Å². The van der Waals surface area contributed by atoms with E-state index in [0.717, 1.165) is 12.0 Å². The Hall–Kier alpha value is -0.800. The van der Waals surface area contributed by atoms with E-state index in [1.54, 1.807) is 19.6 Å². The molecule has 0 spiro atoms. The van der Waals surface area contributed by atoms with Crippen LogP contribution in [0, 0.1) is 0 Å². The van der Waals surface area contributed by atoms with Gasteiger partial charge in [0.25, 0.3) is 0 Å². The molecule has 1 unspecified atom stereocenters. The molecule has 0 amide bonds. The second-order valence-electron chi connectivity index (χ2n) is 2.78. The van der Waals surface area contributed by atoms with Gasteiger partial charge < -0.3 is 14.3 Å². The molecular weight excluding hydrogens is 156 g/mol. The van der Waals surface area contributed by atoms with Gasteiger partial charge in [-0.05, 0) is 24.5 Å². The minimum absolute atomic E-state index is 0.370. The molecule has 1 aromatic rings. The van der Waals surface area contributed by atoms with Gasteiger partial charge >= 0.3 is 0 Å². The molecule has 1 N–H and O–H groups in total. The minimum Gasteiger partial charge on any atom is -0.472 e. The van der Waals surface area contributed by atoms with E-state index < -0.39 is 0 Å². The van der Waals surface area contributed by atoms with Crippen molar-refractivity contribution in [1.29, 1.82) is 0 Å². The van der Waals surface area contributed by atoms with Gasteiger partial charge in [-0.1, -0.05) is 0 Å². The molecule has 0 radical (unpaired) electrons. The number of aliphatic hydroxyl groups is 1. The van der Waals surface area contributed by atoms with Crippen LogP contribution in [0.1, 0.15) is 12.0 Å². The summed E-state index contributed by atoms with van der Waals surface area (Å²) in [7, 11) is 1.58. The summed E-state index contributed by atoms with van der Waals surface area (Å²) in [5, 5.41) is 9.29. The van der Waals surface area contributed by atoms with Crippen molar-refractivity contribution in [1.82, 2.24) is 0 Å². The van der Waals surface area contributed by atoms with Gasteiger partial charge in [0.1, 0.15) is 0 Å². The molecule has 1 rings (SSSR count). The van der Waals surface area contributed by atoms with Gasteiger partial charge in [0.15, 0.2) is 0 Å². The van der Waals surface area contributed by atoms with Crippen LogP contribution in [-0.4, -0.2) is 24.9 Å². The van der Waals surface area contributed by atoms with E-state index in [1.165, 1.54) is 0 Å². The quantitative estimate of drug-likeness (QED) is 0.722. The maximum atomic E-state index is 9.29. The molecule has 1 heterocycles. The molecule has 0 aliphatic carbocycles. The first-order valence-corrected chi connectivity index (χ1v) is 4.01. The second-order valence-corrected chi connectivity index (χ2v) is 2.78. The fraction of sp³-hybridized carbons (Fsp3) is 0.556. The standard InChI is InChI=1S/C9H14O3/c1-11-7-9(10)3-2-8-4-5-12-6-8/h4-6,9-10H,2-3,7H2,1H3. The number of aliphatic hydroxyl groups excluding tert-OH is 1. The smallest absolute Gasteiger partial charge is 0.0934 e. The van der Waals surface area contributed by atoms with Crippen LogP contribution in [0.15, 0.2) is 23.0 Å². The molecule has 0 saturated carbocycles. The summed E-state index contributed by atoms with van der Waals surface area (Å²) in [5.41, 5.74) is 1.12. The summed E-state index contributed by atoms with van der Waals surface area (Å²) >= 11 is 0. The maximum Gasteiger partial charge on any atom is 0.0934 e. The number of furan rings is 1. The van der Waals surface area contributed by atoms with Crippen LogP contribution in [0.3, 0.4) is 0 Å². The molecule has 1 aromatic heterocycles. The summed E-state index contributed by atoms with van der Waals surface area (Å²) < 4.78 is 9.69. The van der Waals surface area contributed by atoms with Crippen LogP contribution in [0.4, 0.5) is 0 Å². The minimum atomic E-state index is -0.370. The van der Waals surface area contributed by atoms with Gasteiger partial charge in [0.05, 0.1) is 25.2 Å². The summed E-state index contributed by atoms with van der Waals surface area (Å²) in [6.07, 6.45) is 4.51. The number of methoxy groups -OCH3 is 1. The highest BCUT2D eigenvalue weighted by atomic mass is 16.5. The number of rotatable bonds is 5. The van der Waals surface area contributed by atoms with Gasteiger partial charge in [-0.15, -0.1) is 0 Å². The number of ether oxygens (including phenoxy) is 1. The Labute approximate surface area is 72.0 Å². The molecular formula is C9H14O3. The number of aryl methyl sites for hydroxylation is 1. The average Bonchev–Trinajstić information content (AvgIpc) is 2.53. The van der Waals surface area contributed by atoms with Crippen molar-refractivity contribution in [2.24, 2.45) is 0 Å². The van der Waals surface area contributed by atoms with Crippen molar-refractivity contribution in [3.8, 4) is 0 Å².